The number of aliphatic hydroxyl groups is 1. The molecule has 1 fully saturated rings. The normalized spacial score (nSPS) is 21.0. The van der Waals surface area contributed by atoms with Gasteiger partial charge in [-0.2, -0.15) is 0 Å². The van der Waals surface area contributed by atoms with E-state index in [9.17, 15) is 18.7 Å². The Balaban J connectivity index is 1.76. The number of alkyl halides is 2. The highest BCUT2D eigenvalue weighted by molar-refractivity contribution is 5.81. The van der Waals surface area contributed by atoms with Gasteiger partial charge in [-0.1, -0.05) is 30.3 Å². The van der Waals surface area contributed by atoms with Crippen LogP contribution >= 0.6 is 0 Å². The first-order valence-corrected chi connectivity index (χ1v) is 9.08. The van der Waals surface area contributed by atoms with Gasteiger partial charge in [0, 0.05) is 25.7 Å². The summed E-state index contributed by atoms with van der Waals surface area (Å²) in [6, 6.07) is 8.24. The van der Waals surface area contributed by atoms with Crippen LogP contribution in [-0.2, 0) is 28.7 Å². The summed E-state index contributed by atoms with van der Waals surface area (Å²) in [4.78, 5) is 12.8. The second-order valence-electron chi connectivity index (χ2n) is 7.21. The Hall–Kier alpha value is -2.28. The molecule has 5 nitrogen and oxygen atoms in total. The first-order valence-electron chi connectivity index (χ1n) is 9.08. The summed E-state index contributed by atoms with van der Waals surface area (Å²) in [5, 5.41) is 11.2. The molecule has 0 saturated heterocycles. The Bertz CT molecular complexity index is 807. The second kappa shape index (κ2) is 7.38. The number of aromatic nitrogens is 2. The van der Waals surface area contributed by atoms with Crippen LogP contribution in [0.1, 0.15) is 30.7 Å². The molecule has 1 aliphatic rings. The van der Waals surface area contributed by atoms with Crippen molar-refractivity contribution in [3.8, 4) is 0 Å². The molecule has 1 aromatic carbocycles. The summed E-state index contributed by atoms with van der Waals surface area (Å²) in [5.41, 5.74) is -1.78. The molecule has 27 heavy (non-hydrogen) atoms. The minimum atomic E-state index is -2.87. The van der Waals surface area contributed by atoms with Gasteiger partial charge in [-0.05, 0) is 12.0 Å². The number of rotatable bonds is 6. The number of imidazole rings is 1. The maximum atomic E-state index is 13.8. The van der Waals surface area contributed by atoms with E-state index in [1.807, 2.05) is 35.5 Å². The number of hydrogen-bond donors (Lipinski definition) is 1. The van der Waals surface area contributed by atoms with E-state index in [4.69, 9.17) is 4.74 Å². The van der Waals surface area contributed by atoms with Gasteiger partial charge in [-0.25, -0.2) is 22.7 Å². The quantitative estimate of drug-likeness (QED) is 0.620. The average molecular weight is 379 g/mol. The lowest BCUT2D eigenvalue weighted by Gasteiger charge is -2.32. The zero-order valence-electron chi connectivity index (χ0n) is 15.6. The third kappa shape index (κ3) is 3.88. The molecule has 0 unspecified atom stereocenters. The summed E-state index contributed by atoms with van der Waals surface area (Å²) in [7, 11) is 1.91. The van der Waals surface area contributed by atoms with Crippen molar-refractivity contribution >= 4 is 5.97 Å². The first-order chi connectivity index (χ1) is 12.7. The van der Waals surface area contributed by atoms with Crippen molar-refractivity contribution in [2.24, 2.45) is 13.0 Å². The molecule has 0 radical (unpaired) electrons. The number of halogens is 2. The van der Waals surface area contributed by atoms with Gasteiger partial charge in [0.1, 0.15) is 25.5 Å². The number of benzene rings is 1. The van der Waals surface area contributed by atoms with Crippen LogP contribution in [0.3, 0.4) is 0 Å². The Morgan fingerprint density at radius 2 is 2.11 bits per heavy atom. The molecule has 1 aromatic heterocycles. The van der Waals surface area contributed by atoms with Gasteiger partial charge >= 0.3 is 5.97 Å². The van der Waals surface area contributed by atoms with Crippen LogP contribution in [0.25, 0.3) is 0 Å². The SMILES string of the molecule is Cc1n(CCOC(=O)[C@](O)(c2ccccc2)[C@@H]2CCC(F)(F)C2)cc[n+]1C. The van der Waals surface area contributed by atoms with Crippen LogP contribution in [0.4, 0.5) is 8.78 Å². The molecular formula is C20H25F2N2O3+. The van der Waals surface area contributed by atoms with Crippen LogP contribution in [0.5, 0.6) is 0 Å². The number of nitrogens with zero attached hydrogens (tertiary/aromatic N) is 2. The molecule has 2 aromatic rings. The fraction of sp³-hybridized carbons (Fsp3) is 0.500. The van der Waals surface area contributed by atoms with Gasteiger partial charge in [0.15, 0.2) is 5.60 Å². The topological polar surface area (TPSA) is 55.3 Å². The largest absolute Gasteiger partial charge is 0.459 e. The number of carbonyl (C=O) groups excluding carboxylic acids is 1. The summed E-state index contributed by atoms with van der Waals surface area (Å²) >= 11 is 0. The Labute approximate surface area is 157 Å². The molecule has 146 valence electrons. The van der Waals surface area contributed by atoms with E-state index in [0.29, 0.717) is 12.1 Å². The van der Waals surface area contributed by atoms with Crippen LogP contribution in [0.2, 0.25) is 0 Å². The minimum Gasteiger partial charge on any atom is -0.459 e. The molecule has 7 heteroatoms. The third-order valence-electron chi connectivity index (χ3n) is 5.48. The zero-order valence-corrected chi connectivity index (χ0v) is 15.6. The van der Waals surface area contributed by atoms with Crippen LogP contribution in [0, 0.1) is 12.8 Å². The predicted octanol–water partition coefficient (Wildman–Crippen LogP) is 2.49. The molecule has 1 N–H and O–H groups in total. The van der Waals surface area contributed by atoms with E-state index in [0.717, 1.165) is 5.82 Å². The van der Waals surface area contributed by atoms with E-state index in [-0.39, 0.29) is 19.4 Å². The maximum Gasteiger partial charge on any atom is 0.343 e. The van der Waals surface area contributed by atoms with Gasteiger partial charge in [-0.3, -0.25) is 0 Å². The molecule has 1 aliphatic carbocycles. The molecule has 1 saturated carbocycles. The van der Waals surface area contributed by atoms with Crippen molar-refractivity contribution in [2.45, 2.75) is 44.3 Å². The van der Waals surface area contributed by atoms with Crippen molar-refractivity contribution in [3.05, 3.63) is 54.1 Å². The van der Waals surface area contributed by atoms with Gasteiger partial charge in [0.2, 0.25) is 5.92 Å². The van der Waals surface area contributed by atoms with Crippen molar-refractivity contribution in [3.63, 3.8) is 0 Å². The second-order valence-corrected chi connectivity index (χ2v) is 7.21. The molecule has 0 aliphatic heterocycles. The van der Waals surface area contributed by atoms with E-state index in [1.54, 1.807) is 30.3 Å². The molecule has 2 atom stereocenters. The summed E-state index contributed by atoms with van der Waals surface area (Å²) in [6.45, 7) is 2.40. The average Bonchev–Trinajstić information content (AvgIpc) is 3.18. The van der Waals surface area contributed by atoms with E-state index in [2.05, 4.69) is 0 Å². The third-order valence-corrected chi connectivity index (χ3v) is 5.48. The van der Waals surface area contributed by atoms with Crippen molar-refractivity contribution in [1.82, 2.24) is 4.57 Å². The lowest BCUT2D eigenvalue weighted by molar-refractivity contribution is -0.677. The van der Waals surface area contributed by atoms with Crippen molar-refractivity contribution in [2.75, 3.05) is 6.61 Å². The molecule has 0 spiro atoms. The fourth-order valence-corrected chi connectivity index (χ4v) is 3.70. The molecule has 1 heterocycles. The highest BCUT2D eigenvalue weighted by Crippen LogP contribution is 2.47. The smallest absolute Gasteiger partial charge is 0.343 e. The van der Waals surface area contributed by atoms with E-state index in [1.165, 1.54) is 0 Å². The summed E-state index contributed by atoms with van der Waals surface area (Å²) in [6.07, 6.45) is 2.96. The first kappa shape index (κ1) is 19.5. The minimum absolute atomic E-state index is 0.0482. The van der Waals surface area contributed by atoms with Gasteiger partial charge in [0.25, 0.3) is 5.82 Å². The highest BCUT2D eigenvalue weighted by Gasteiger charge is 2.54. The summed E-state index contributed by atoms with van der Waals surface area (Å²) in [5.74, 6) is -3.64. The maximum absolute atomic E-state index is 13.8. The monoisotopic (exact) mass is 379 g/mol. The van der Waals surface area contributed by atoms with E-state index < -0.39 is 29.8 Å². The summed E-state index contributed by atoms with van der Waals surface area (Å²) < 4.78 is 36.7. The van der Waals surface area contributed by atoms with Crippen molar-refractivity contribution < 1.29 is 28.0 Å². The number of esters is 1. The predicted molar refractivity (Wildman–Crippen MR) is 93.9 cm³/mol. The van der Waals surface area contributed by atoms with Crippen LogP contribution in [0.15, 0.2) is 42.7 Å². The molecule has 3 rings (SSSR count). The lowest BCUT2D eigenvalue weighted by Crippen LogP contribution is -2.44. The van der Waals surface area contributed by atoms with Gasteiger partial charge in [0.05, 0.1) is 7.05 Å². The van der Waals surface area contributed by atoms with Gasteiger partial charge < -0.3 is 9.84 Å². The number of ether oxygens (including phenoxy) is 1. The molecule has 0 bridgehead atoms. The van der Waals surface area contributed by atoms with Crippen LogP contribution in [-0.4, -0.2) is 28.2 Å². The Kier molecular flexibility index (Phi) is 5.33. The lowest BCUT2D eigenvalue weighted by atomic mass is 9.80. The fourth-order valence-electron chi connectivity index (χ4n) is 3.70. The van der Waals surface area contributed by atoms with Crippen LogP contribution < -0.4 is 4.57 Å². The Morgan fingerprint density at radius 3 is 2.67 bits per heavy atom. The number of carbonyl (C=O) groups is 1. The standard InChI is InChI=1S/C20H25F2N2O3/c1-15-23(2)10-11-24(15)12-13-27-18(25)20(26,16-6-4-3-5-7-16)17-8-9-19(21,22)14-17/h3-7,10-11,17,26H,8-9,12-14H2,1-2H3/q+1/t17-,20+/m1/s1. The molecule has 0 amide bonds. The zero-order chi connectivity index (χ0) is 19.7. The highest BCUT2D eigenvalue weighted by atomic mass is 19.3. The van der Waals surface area contributed by atoms with Crippen molar-refractivity contribution in [1.29, 1.82) is 0 Å². The Morgan fingerprint density at radius 1 is 1.41 bits per heavy atom. The van der Waals surface area contributed by atoms with Gasteiger partial charge in [-0.15, -0.1) is 0 Å². The number of aryl methyl sites for hydroxylation is 1. The molecular weight excluding hydrogens is 354 g/mol. The van der Waals surface area contributed by atoms with E-state index >= 15 is 0 Å². The number of hydrogen-bond acceptors (Lipinski definition) is 3.